The molecule has 1 atom stereocenters. The summed E-state index contributed by atoms with van der Waals surface area (Å²) in [5.74, 6) is 0.0769. The molecule has 0 aliphatic carbocycles. The molecule has 4 nitrogen and oxygen atoms in total. The van der Waals surface area contributed by atoms with Gasteiger partial charge in [-0.25, -0.2) is 0 Å². The van der Waals surface area contributed by atoms with E-state index in [4.69, 9.17) is 4.74 Å². The number of carbonyl (C=O) groups excluding carboxylic acids is 1. The van der Waals surface area contributed by atoms with Gasteiger partial charge in [0.05, 0.1) is 12.1 Å². The van der Waals surface area contributed by atoms with Crippen molar-refractivity contribution in [2.45, 2.75) is 25.3 Å². The zero-order chi connectivity index (χ0) is 9.73. The van der Waals surface area contributed by atoms with Gasteiger partial charge in [0.25, 0.3) is 0 Å². The van der Waals surface area contributed by atoms with Crippen molar-refractivity contribution in [1.29, 1.82) is 0 Å². The minimum Gasteiger partial charge on any atom is -0.384 e. The second-order valence-electron chi connectivity index (χ2n) is 3.78. The Kier molecular flexibility index (Phi) is 3.69. The molecule has 1 saturated heterocycles. The fraction of sp³-hybridized carbons (Fsp3) is 0.889. The maximum Gasteiger partial charge on any atom is 0.222 e. The van der Waals surface area contributed by atoms with Gasteiger partial charge in [-0.3, -0.25) is 4.79 Å². The molecule has 1 fully saturated rings. The molecule has 4 heteroatoms. The van der Waals surface area contributed by atoms with E-state index in [-0.39, 0.29) is 11.4 Å². The van der Waals surface area contributed by atoms with Crippen LogP contribution in [0.5, 0.6) is 0 Å². The average molecular weight is 186 g/mol. The largest absolute Gasteiger partial charge is 0.384 e. The van der Waals surface area contributed by atoms with E-state index in [0.717, 1.165) is 19.5 Å². The fourth-order valence-corrected chi connectivity index (χ4v) is 1.52. The van der Waals surface area contributed by atoms with E-state index in [0.29, 0.717) is 13.0 Å². The van der Waals surface area contributed by atoms with Crippen LogP contribution in [0.25, 0.3) is 0 Å². The molecule has 1 rings (SSSR count). The molecular weight excluding hydrogens is 168 g/mol. The lowest BCUT2D eigenvalue weighted by Crippen LogP contribution is -2.47. The average Bonchev–Trinajstić information content (AvgIpc) is 2.48. The van der Waals surface area contributed by atoms with Gasteiger partial charge in [-0.05, 0) is 19.9 Å². The number of hydrogen-bond donors (Lipinski definition) is 2. The van der Waals surface area contributed by atoms with Crippen molar-refractivity contribution in [3.05, 3.63) is 0 Å². The summed E-state index contributed by atoms with van der Waals surface area (Å²) in [6.45, 7) is 4.42. The molecule has 0 aromatic rings. The Hall–Kier alpha value is -0.610. The van der Waals surface area contributed by atoms with Gasteiger partial charge in [-0.15, -0.1) is 0 Å². The van der Waals surface area contributed by atoms with Crippen molar-refractivity contribution in [2.24, 2.45) is 0 Å². The topological polar surface area (TPSA) is 50.4 Å². The Balaban J connectivity index is 2.26. The molecule has 13 heavy (non-hydrogen) atoms. The van der Waals surface area contributed by atoms with E-state index >= 15 is 0 Å². The van der Waals surface area contributed by atoms with E-state index in [1.165, 1.54) is 0 Å². The first-order valence-corrected chi connectivity index (χ1v) is 4.67. The smallest absolute Gasteiger partial charge is 0.222 e. The number of nitrogens with one attached hydrogen (secondary N) is 2. The first kappa shape index (κ1) is 10.5. The Bertz CT molecular complexity index is 176. The second kappa shape index (κ2) is 4.58. The van der Waals surface area contributed by atoms with E-state index < -0.39 is 0 Å². The zero-order valence-electron chi connectivity index (χ0n) is 8.35. The van der Waals surface area contributed by atoms with Crippen molar-refractivity contribution < 1.29 is 9.53 Å². The standard InChI is InChI=1S/C9H18N2O2/c1-9(4-5-10-7-9)11-8(12)3-6-13-2/h10H,3-7H2,1-2H3,(H,11,12). The summed E-state index contributed by atoms with van der Waals surface area (Å²) in [6.07, 6.45) is 1.46. The molecule has 1 unspecified atom stereocenters. The molecule has 0 aromatic carbocycles. The maximum absolute atomic E-state index is 11.3. The molecule has 2 N–H and O–H groups in total. The van der Waals surface area contributed by atoms with Gasteiger partial charge in [-0.2, -0.15) is 0 Å². The van der Waals surface area contributed by atoms with Crippen molar-refractivity contribution >= 4 is 5.91 Å². The molecule has 0 aromatic heterocycles. The number of hydrogen-bond acceptors (Lipinski definition) is 3. The van der Waals surface area contributed by atoms with Crippen molar-refractivity contribution in [1.82, 2.24) is 10.6 Å². The van der Waals surface area contributed by atoms with Crippen molar-refractivity contribution in [3.8, 4) is 0 Å². The minimum absolute atomic E-state index is 0.0508. The van der Waals surface area contributed by atoms with Crippen LogP contribution in [0, 0.1) is 0 Å². The number of carbonyl (C=O) groups is 1. The van der Waals surface area contributed by atoms with E-state index in [9.17, 15) is 4.79 Å². The predicted molar refractivity (Wildman–Crippen MR) is 50.5 cm³/mol. The summed E-state index contributed by atoms with van der Waals surface area (Å²) in [5.41, 5.74) is -0.0508. The van der Waals surface area contributed by atoms with Crippen LogP contribution in [0.2, 0.25) is 0 Å². The van der Waals surface area contributed by atoms with Gasteiger partial charge in [0.1, 0.15) is 0 Å². The van der Waals surface area contributed by atoms with Crippen LogP contribution >= 0.6 is 0 Å². The third-order valence-electron chi connectivity index (χ3n) is 2.34. The third-order valence-corrected chi connectivity index (χ3v) is 2.34. The molecule has 1 heterocycles. The Labute approximate surface area is 79.0 Å². The number of methoxy groups -OCH3 is 1. The molecule has 0 spiro atoms. The van der Waals surface area contributed by atoms with Gasteiger partial charge < -0.3 is 15.4 Å². The highest BCUT2D eigenvalue weighted by Crippen LogP contribution is 2.12. The quantitative estimate of drug-likeness (QED) is 0.644. The van der Waals surface area contributed by atoms with Crippen LogP contribution in [0.3, 0.4) is 0 Å². The molecule has 76 valence electrons. The van der Waals surface area contributed by atoms with Crippen LogP contribution in [0.1, 0.15) is 19.8 Å². The highest BCUT2D eigenvalue weighted by molar-refractivity contribution is 5.76. The molecule has 0 bridgehead atoms. The van der Waals surface area contributed by atoms with Gasteiger partial charge in [0, 0.05) is 20.1 Å². The van der Waals surface area contributed by atoms with Crippen LogP contribution < -0.4 is 10.6 Å². The van der Waals surface area contributed by atoms with Crippen LogP contribution in [0.4, 0.5) is 0 Å². The highest BCUT2D eigenvalue weighted by atomic mass is 16.5. The van der Waals surface area contributed by atoms with Crippen molar-refractivity contribution in [2.75, 3.05) is 26.8 Å². The Morgan fingerprint density at radius 1 is 1.69 bits per heavy atom. The number of rotatable bonds is 4. The molecule has 1 amide bonds. The second-order valence-corrected chi connectivity index (χ2v) is 3.78. The van der Waals surface area contributed by atoms with E-state index in [1.54, 1.807) is 7.11 Å². The van der Waals surface area contributed by atoms with Gasteiger partial charge in [-0.1, -0.05) is 0 Å². The Morgan fingerprint density at radius 3 is 3.00 bits per heavy atom. The van der Waals surface area contributed by atoms with E-state index in [1.807, 2.05) is 0 Å². The van der Waals surface area contributed by atoms with E-state index in [2.05, 4.69) is 17.6 Å². The maximum atomic E-state index is 11.3. The van der Waals surface area contributed by atoms with Gasteiger partial charge in [0.15, 0.2) is 0 Å². The summed E-state index contributed by atoms with van der Waals surface area (Å²) >= 11 is 0. The summed E-state index contributed by atoms with van der Waals surface area (Å²) in [6, 6.07) is 0. The molecule has 0 saturated carbocycles. The summed E-state index contributed by atoms with van der Waals surface area (Å²) < 4.78 is 4.83. The van der Waals surface area contributed by atoms with Gasteiger partial charge in [0.2, 0.25) is 5.91 Å². The summed E-state index contributed by atoms with van der Waals surface area (Å²) in [4.78, 5) is 11.3. The summed E-state index contributed by atoms with van der Waals surface area (Å²) in [5, 5.41) is 6.24. The lowest BCUT2D eigenvalue weighted by Gasteiger charge is -2.24. The monoisotopic (exact) mass is 186 g/mol. The third kappa shape index (κ3) is 3.32. The summed E-state index contributed by atoms with van der Waals surface area (Å²) in [7, 11) is 1.60. The van der Waals surface area contributed by atoms with Crippen LogP contribution in [-0.4, -0.2) is 38.3 Å². The fourth-order valence-electron chi connectivity index (χ4n) is 1.52. The lowest BCUT2D eigenvalue weighted by molar-refractivity contribution is -0.123. The van der Waals surface area contributed by atoms with Crippen molar-refractivity contribution in [3.63, 3.8) is 0 Å². The SMILES string of the molecule is COCCC(=O)NC1(C)CCNC1. The minimum atomic E-state index is -0.0508. The molecule has 1 aliphatic rings. The lowest BCUT2D eigenvalue weighted by atomic mass is 10.0. The number of amides is 1. The zero-order valence-corrected chi connectivity index (χ0v) is 8.35. The predicted octanol–water partition coefficient (Wildman–Crippen LogP) is -0.109. The first-order chi connectivity index (χ1) is 6.16. The number of ether oxygens (including phenoxy) is 1. The van der Waals surface area contributed by atoms with Crippen LogP contribution in [0.15, 0.2) is 0 Å². The van der Waals surface area contributed by atoms with Gasteiger partial charge >= 0.3 is 0 Å². The highest BCUT2D eigenvalue weighted by Gasteiger charge is 2.29. The first-order valence-electron chi connectivity index (χ1n) is 4.67. The Morgan fingerprint density at radius 2 is 2.46 bits per heavy atom. The van der Waals surface area contributed by atoms with Crippen LogP contribution in [-0.2, 0) is 9.53 Å². The normalized spacial score (nSPS) is 27.5. The molecule has 1 aliphatic heterocycles. The molecule has 0 radical (unpaired) electrons. The molecular formula is C9H18N2O2.